The van der Waals surface area contributed by atoms with Crippen molar-refractivity contribution in [1.82, 2.24) is 10.2 Å². The highest BCUT2D eigenvalue weighted by molar-refractivity contribution is 7.80. The Hall–Kier alpha value is -2.97. The fraction of sp³-hybridized carbons (Fsp3) is 0.348. The number of amides is 2. The number of morpholine rings is 1. The molecule has 0 saturated carbocycles. The summed E-state index contributed by atoms with van der Waals surface area (Å²) in [5.74, 6) is 0.386. The average Bonchev–Trinajstić information content (AvgIpc) is 2.80. The number of benzene rings is 2. The largest absolute Gasteiger partial charge is 0.491 e. The first kappa shape index (κ1) is 22.7. The summed E-state index contributed by atoms with van der Waals surface area (Å²) in [4.78, 5) is 26.7. The van der Waals surface area contributed by atoms with Crippen LogP contribution in [-0.4, -0.2) is 54.2 Å². The van der Waals surface area contributed by atoms with Gasteiger partial charge in [0.2, 0.25) is 0 Å². The zero-order valence-corrected chi connectivity index (χ0v) is 18.5. The number of hydrogen-bond donors (Lipinski definition) is 2. The van der Waals surface area contributed by atoms with Gasteiger partial charge in [-0.25, -0.2) is 0 Å². The number of carbonyl (C=O) groups is 2. The first-order valence-corrected chi connectivity index (χ1v) is 10.7. The van der Waals surface area contributed by atoms with Crippen LogP contribution in [0.25, 0.3) is 0 Å². The molecule has 2 aromatic carbocycles. The summed E-state index contributed by atoms with van der Waals surface area (Å²) in [6.45, 7) is 6.37. The molecular weight excluding hydrogens is 414 g/mol. The second-order valence-corrected chi connectivity index (χ2v) is 7.66. The van der Waals surface area contributed by atoms with Crippen LogP contribution in [-0.2, 0) is 4.74 Å². The summed E-state index contributed by atoms with van der Waals surface area (Å²) in [5.41, 5.74) is 1.76. The Morgan fingerprint density at radius 3 is 2.29 bits per heavy atom. The van der Waals surface area contributed by atoms with Gasteiger partial charge in [0.25, 0.3) is 11.8 Å². The van der Waals surface area contributed by atoms with Gasteiger partial charge in [-0.3, -0.25) is 14.9 Å². The van der Waals surface area contributed by atoms with Gasteiger partial charge < -0.3 is 19.7 Å². The standard InChI is InChI=1S/C23H27N3O4S/c1-3-16(2)30-20-10-6-17(7-11-20)21(27)25-23(31)24-19-8-4-18(5-9-19)22(28)26-12-14-29-15-13-26/h4-11,16H,3,12-15H2,1-2H3,(H2,24,25,27,31). The lowest BCUT2D eigenvalue weighted by molar-refractivity contribution is 0.0303. The Bertz CT molecular complexity index is 909. The minimum Gasteiger partial charge on any atom is -0.491 e. The van der Waals surface area contributed by atoms with Gasteiger partial charge in [0.1, 0.15) is 5.75 Å². The number of ether oxygens (including phenoxy) is 2. The maximum absolute atomic E-state index is 12.5. The third-order valence-electron chi connectivity index (χ3n) is 4.94. The second kappa shape index (κ2) is 10.9. The normalized spacial score (nSPS) is 14.5. The van der Waals surface area contributed by atoms with Crippen molar-refractivity contribution in [3.63, 3.8) is 0 Å². The van der Waals surface area contributed by atoms with E-state index in [-0.39, 0.29) is 23.0 Å². The molecule has 1 unspecified atom stereocenters. The van der Waals surface area contributed by atoms with Crippen molar-refractivity contribution in [1.29, 1.82) is 0 Å². The van der Waals surface area contributed by atoms with Crippen molar-refractivity contribution in [2.24, 2.45) is 0 Å². The maximum Gasteiger partial charge on any atom is 0.257 e. The minimum atomic E-state index is -0.313. The van der Waals surface area contributed by atoms with Gasteiger partial charge in [-0.2, -0.15) is 0 Å². The van der Waals surface area contributed by atoms with E-state index in [1.54, 1.807) is 53.4 Å². The first-order chi connectivity index (χ1) is 15.0. The molecule has 1 heterocycles. The Morgan fingerprint density at radius 2 is 1.68 bits per heavy atom. The van der Waals surface area contributed by atoms with Crippen LogP contribution in [0.4, 0.5) is 5.69 Å². The Morgan fingerprint density at radius 1 is 1.06 bits per heavy atom. The van der Waals surface area contributed by atoms with Gasteiger partial charge in [0, 0.05) is 29.9 Å². The van der Waals surface area contributed by atoms with Gasteiger partial charge in [-0.1, -0.05) is 6.92 Å². The number of carbonyl (C=O) groups excluding carboxylic acids is 2. The Balaban J connectivity index is 1.51. The summed E-state index contributed by atoms with van der Waals surface area (Å²) in [5, 5.41) is 5.80. The third-order valence-corrected chi connectivity index (χ3v) is 5.15. The SMILES string of the molecule is CCC(C)Oc1ccc(C(=O)NC(=S)Nc2ccc(C(=O)N3CCOCC3)cc2)cc1. The molecule has 1 saturated heterocycles. The van der Waals surface area contributed by atoms with Crippen molar-refractivity contribution in [2.45, 2.75) is 26.4 Å². The highest BCUT2D eigenvalue weighted by Gasteiger charge is 2.18. The van der Waals surface area contributed by atoms with E-state index < -0.39 is 0 Å². The van der Waals surface area contributed by atoms with E-state index in [2.05, 4.69) is 17.6 Å². The lowest BCUT2D eigenvalue weighted by atomic mass is 10.1. The van der Waals surface area contributed by atoms with Crippen LogP contribution >= 0.6 is 12.2 Å². The number of nitrogens with zero attached hydrogens (tertiary/aromatic N) is 1. The van der Waals surface area contributed by atoms with Crippen molar-refractivity contribution < 1.29 is 19.1 Å². The van der Waals surface area contributed by atoms with Crippen LogP contribution < -0.4 is 15.4 Å². The van der Waals surface area contributed by atoms with Gasteiger partial charge in [0.15, 0.2) is 5.11 Å². The molecule has 0 bridgehead atoms. The molecule has 1 atom stereocenters. The fourth-order valence-corrected chi connectivity index (χ4v) is 3.19. The van der Waals surface area contributed by atoms with E-state index in [1.807, 2.05) is 6.92 Å². The predicted molar refractivity (Wildman–Crippen MR) is 124 cm³/mol. The summed E-state index contributed by atoms with van der Waals surface area (Å²) >= 11 is 5.24. The second-order valence-electron chi connectivity index (χ2n) is 7.25. The molecule has 0 aliphatic carbocycles. The van der Waals surface area contributed by atoms with Crippen LogP contribution in [0.15, 0.2) is 48.5 Å². The quantitative estimate of drug-likeness (QED) is 0.669. The average molecular weight is 442 g/mol. The maximum atomic E-state index is 12.5. The molecule has 0 spiro atoms. The summed E-state index contributed by atoms with van der Waals surface area (Å²) in [6.07, 6.45) is 1.02. The fourth-order valence-electron chi connectivity index (χ4n) is 2.98. The van der Waals surface area contributed by atoms with E-state index in [4.69, 9.17) is 21.7 Å². The lowest BCUT2D eigenvalue weighted by Crippen LogP contribution is -2.40. The molecule has 0 aromatic heterocycles. The van der Waals surface area contributed by atoms with E-state index in [9.17, 15) is 9.59 Å². The molecule has 164 valence electrons. The lowest BCUT2D eigenvalue weighted by Gasteiger charge is -2.26. The number of rotatable bonds is 6. The summed E-state index contributed by atoms with van der Waals surface area (Å²) < 4.78 is 11.0. The molecule has 31 heavy (non-hydrogen) atoms. The van der Waals surface area contributed by atoms with Crippen LogP contribution in [0.3, 0.4) is 0 Å². The molecular formula is C23H27N3O4S. The van der Waals surface area contributed by atoms with Crippen LogP contribution in [0.2, 0.25) is 0 Å². The molecule has 3 rings (SSSR count). The molecule has 2 aromatic rings. The van der Waals surface area contributed by atoms with Crippen molar-refractivity contribution in [3.8, 4) is 5.75 Å². The summed E-state index contributed by atoms with van der Waals surface area (Å²) in [7, 11) is 0. The van der Waals surface area contributed by atoms with E-state index >= 15 is 0 Å². The van der Waals surface area contributed by atoms with Gasteiger partial charge in [-0.05, 0) is 74.1 Å². The Labute approximate surface area is 187 Å². The number of hydrogen-bond acceptors (Lipinski definition) is 5. The van der Waals surface area contributed by atoms with E-state index in [1.165, 1.54) is 0 Å². The molecule has 2 N–H and O–H groups in total. The highest BCUT2D eigenvalue weighted by Crippen LogP contribution is 2.15. The smallest absolute Gasteiger partial charge is 0.257 e. The molecule has 0 radical (unpaired) electrons. The third kappa shape index (κ3) is 6.50. The zero-order valence-electron chi connectivity index (χ0n) is 17.7. The highest BCUT2D eigenvalue weighted by atomic mass is 32.1. The predicted octanol–water partition coefficient (Wildman–Crippen LogP) is 3.46. The molecule has 1 fully saturated rings. The number of thiocarbonyl (C=S) groups is 1. The molecule has 1 aliphatic heterocycles. The molecule has 7 nitrogen and oxygen atoms in total. The van der Waals surface area contributed by atoms with Crippen LogP contribution in [0, 0.1) is 0 Å². The van der Waals surface area contributed by atoms with Gasteiger partial charge >= 0.3 is 0 Å². The zero-order chi connectivity index (χ0) is 22.2. The van der Waals surface area contributed by atoms with E-state index in [0.29, 0.717) is 43.1 Å². The number of anilines is 1. The molecule has 8 heteroatoms. The molecule has 1 aliphatic rings. The van der Waals surface area contributed by atoms with Gasteiger partial charge in [-0.15, -0.1) is 0 Å². The van der Waals surface area contributed by atoms with Crippen molar-refractivity contribution in [2.75, 3.05) is 31.6 Å². The minimum absolute atomic E-state index is 0.0218. The monoisotopic (exact) mass is 441 g/mol. The first-order valence-electron chi connectivity index (χ1n) is 10.3. The van der Waals surface area contributed by atoms with Crippen LogP contribution in [0.5, 0.6) is 5.75 Å². The topological polar surface area (TPSA) is 79.9 Å². The van der Waals surface area contributed by atoms with Crippen molar-refractivity contribution in [3.05, 3.63) is 59.7 Å². The van der Waals surface area contributed by atoms with Gasteiger partial charge in [0.05, 0.1) is 19.3 Å². The van der Waals surface area contributed by atoms with Crippen LogP contribution in [0.1, 0.15) is 41.0 Å². The summed E-state index contributed by atoms with van der Waals surface area (Å²) in [6, 6.07) is 13.9. The number of nitrogens with one attached hydrogen (secondary N) is 2. The molecule has 2 amide bonds. The van der Waals surface area contributed by atoms with Crippen molar-refractivity contribution >= 4 is 34.8 Å². The van der Waals surface area contributed by atoms with E-state index in [0.717, 1.165) is 12.2 Å². The Kier molecular flexibility index (Phi) is 7.97.